The largest absolute Gasteiger partial charge is 0.416 e. The number of carbonyl (C=O) groups is 1. The van der Waals surface area contributed by atoms with Crippen molar-refractivity contribution >= 4 is 15.9 Å². The van der Waals surface area contributed by atoms with Gasteiger partial charge in [-0.2, -0.15) is 30.6 Å². The molecule has 2 saturated heterocycles. The van der Waals surface area contributed by atoms with E-state index in [9.17, 15) is 39.6 Å². The first-order valence-electron chi connectivity index (χ1n) is 8.34. The van der Waals surface area contributed by atoms with Crippen LogP contribution < -0.4 is 5.32 Å². The van der Waals surface area contributed by atoms with Crippen molar-refractivity contribution in [1.29, 1.82) is 0 Å². The normalized spacial score (nSPS) is 21.1. The Bertz CT molecular complexity index is 854. The molecule has 1 spiro atoms. The van der Waals surface area contributed by atoms with Crippen LogP contribution in [0.3, 0.4) is 0 Å². The molecule has 0 unspecified atom stereocenters. The molecule has 0 radical (unpaired) electrons. The lowest BCUT2D eigenvalue weighted by Crippen LogP contribution is -2.46. The molecule has 1 aromatic carbocycles. The molecular weight excluding hydrogens is 414 g/mol. The number of hydrogen-bond acceptors (Lipinski definition) is 3. The lowest BCUT2D eigenvalue weighted by molar-refractivity contribution is -0.143. The van der Waals surface area contributed by atoms with Crippen molar-refractivity contribution in [2.24, 2.45) is 5.41 Å². The first kappa shape index (κ1) is 20.9. The van der Waals surface area contributed by atoms with E-state index in [4.69, 9.17) is 0 Å². The number of carbonyl (C=O) groups excluding carboxylic acids is 1. The topological polar surface area (TPSA) is 66.5 Å². The van der Waals surface area contributed by atoms with Crippen LogP contribution in [0.5, 0.6) is 0 Å². The van der Waals surface area contributed by atoms with Crippen LogP contribution in [0, 0.1) is 5.41 Å². The third-order valence-electron chi connectivity index (χ3n) is 5.25. The molecule has 2 fully saturated rings. The van der Waals surface area contributed by atoms with E-state index in [1.54, 1.807) is 0 Å². The summed E-state index contributed by atoms with van der Waals surface area (Å²) >= 11 is 0. The van der Waals surface area contributed by atoms with Gasteiger partial charge in [-0.3, -0.25) is 4.79 Å². The Morgan fingerprint density at radius 2 is 1.39 bits per heavy atom. The quantitative estimate of drug-likeness (QED) is 0.734. The minimum absolute atomic E-state index is 0.118. The summed E-state index contributed by atoms with van der Waals surface area (Å²) in [6.45, 7) is 0.134. The van der Waals surface area contributed by atoms with E-state index < -0.39 is 43.8 Å². The number of piperidine rings is 1. The van der Waals surface area contributed by atoms with Crippen LogP contribution in [0.4, 0.5) is 26.3 Å². The molecule has 1 aromatic rings. The Balaban J connectivity index is 1.95. The van der Waals surface area contributed by atoms with Gasteiger partial charge < -0.3 is 5.32 Å². The van der Waals surface area contributed by atoms with Crippen molar-refractivity contribution in [1.82, 2.24) is 9.62 Å². The zero-order chi connectivity index (χ0) is 21.0. The molecule has 2 heterocycles. The van der Waals surface area contributed by atoms with Crippen LogP contribution in [-0.4, -0.2) is 38.3 Å². The number of hydrogen-bond donors (Lipinski definition) is 1. The highest BCUT2D eigenvalue weighted by Gasteiger charge is 2.47. The fourth-order valence-electron chi connectivity index (χ4n) is 3.57. The third kappa shape index (κ3) is 3.71. The fraction of sp³-hybridized carbons (Fsp3) is 0.562. The van der Waals surface area contributed by atoms with Crippen molar-refractivity contribution in [2.75, 3.05) is 19.6 Å². The Morgan fingerprint density at radius 1 is 0.893 bits per heavy atom. The summed E-state index contributed by atoms with van der Waals surface area (Å²) in [6.07, 6.45) is -9.45. The summed E-state index contributed by atoms with van der Waals surface area (Å²) in [5.74, 6) is -0.206. The molecule has 28 heavy (non-hydrogen) atoms. The van der Waals surface area contributed by atoms with E-state index in [0.717, 1.165) is 4.31 Å². The minimum atomic E-state index is -5.14. The number of benzene rings is 1. The molecule has 0 atom stereocenters. The molecule has 2 aliphatic rings. The van der Waals surface area contributed by atoms with E-state index in [0.29, 0.717) is 13.0 Å². The van der Waals surface area contributed by atoms with Crippen LogP contribution in [0.1, 0.15) is 30.4 Å². The molecule has 0 bridgehead atoms. The maximum Gasteiger partial charge on any atom is 0.416 e. The van der Waals surface area contributed by atoms with E-state index in [2.05, 4.69) is 5.32 Å². The van der Waals surface area contributed by atoms with Gasteiger partial charge in [-0.25, -0.2) is 8.42 Å². The average molecular weight is 430 g/mol. The lowest BCUT2D eigenvalue weighted by atomic mass is 9.78. The molecule has 1 N–H and O–H groups in total. The number of amides is 1. The highest BCUT2D eigenvalue weighted by Crippen LogP contribution is 2.41. The van der Waals surface area contributed by atoms with E-state index >= 15 is 0 Å². The Kier molecular flexibility index (Phi) is 4.94. The predicted octanol–water partition coefficient (Wildman–Crippen LogP) is 3.02. The van der Waals surface area contributed by atoms with Gasteiger partial charge in [0.2, 0.25) is 15.9 Å². The van der Waals surface area contributed by atoms with Gasteiger partial charge in [-0.1, -0.05) is 0 Å². The van der Waals surface area contributed by atoms with Gasteiger partial charge in [0, 0.05) is 19.6 Å². The average Bonchev–Trinajstić information content (AvgIpc) is 2.93. The fourth-order valence-corrected chi connectivity index (χ4v) is 5.09. The Labute approximate surface area is 156 Å². The van der Waals surface area contributed by atoms with Crippen LogP contribution >= 0.6 is 0 Å². The second-order valence-electron chi connectivity index (χ2n) is 6.93. The second kappa shape index (κ2) is 6.61. The van der Waals surface area contributed by atoms with Crippen LogP contribution in [0.15, 0.2) is 23.1 Å². The SMILES string of the molecule is O=C1NCCC12CCN(S(=O)(=O)c1cc(C(F)(F)F)cc(C(F)(F)F)c1)CC2. The van der Waals surface area contributed by atoms with Crippen molar-refractivity contribution in [3.05, 3.63) is 29.3 Å². The summed E-state index contributed by atoms with van der Waals surface area (Å²) in [5.41, 5.74) is -4.11. The van der Waals surface area contributed by atoms with Gasteiger partial charge in [0.25, 0.3) is 0 Å². The second-order valence-corrected chi connectivity index (χ2v) is 8.87. The zero-order valence-corrected chi connectivity index (χ0v) is 15.1. The smallest absolute Gasteiger partial charge is 0.356 e. The molecule has 156 valence electrons. The summed E-state index contributed by atoms with van der Waals surface area (Å²) in [4.78, 5) is 10.9. The first-order chi connectivity index (χ1) is 12.8. The molecule has 3 rings (SSSR count). The van der Waals surface area contributed by atoms with Gasteiger partial charge >= 0.3 is 12.4 Å². The number of alkyl halides is 6. The van der Waals surface area contributed by atoms with Crippen molar-refractivity contribution in [2.45, 2.75) is 36.5 Å². The highest BCUT2D eigenvalue weighted by molar-refractivity contribution is 7.89. The molecule has 2 aliphatic heterocycles. The number of sulfonamides is 1. The van der Waals surface area contributed by atoms with E-state index in [1.165, 1.54) is 0 Å². The first-order valence-corrected chi connectivity index (χ1v) is 9.78. The van der Waals surface area contributed by atoms with Gasteiger partial charge in [-0.05, 0) is 37.5 Å². The molecule has 12 heteroatoms. The molecule has 0 saturated carbocycles. The molecule has 1 amide bonds. The van der Waals surface area contributed by atoms with E-state index in [-0.39, 0.29) is 50.0 Å². The summed E-state index contributed by atoms with van der Waals surface area (Å²) in [6, 6.07) is 0.293. The number of rotatable bonds is 2. The monoisotopic (exact) mass is 430 g/mol. The summed E-state index contributed by atoms with van der Waals surface area (Å²) < 4.78 is 104. The Hall–Kier alpha value is -1.82. The number of halogens is 6. The van der Waals surface area contributed by atoms with Crippen molar-refractivity contribution in [3.63, 3.8) is 0 Å². The predicted molar refractivity (Wildman–Crippen MR) is 84.5 cm³/mol. The maximum absolute atomic E-state index is 13.0. The molecule has 0 aliphatic carbocycles. The lowest BCUT2D eigenvalue weighted by Gasteiger charge is -2.36. The van der Waals surface area contributed by atoms with Crippen LogP contribution in [0.25, 0.3) is 0 Å². The van der Waals surface area contributed by atoms with Gasteiger partial charge in [0.1, 0.15) is 0 Å². The Morgan fingerprint density at radius 3 is 1.79 bits per heavy atom. The highest BCUT2D eigenvalue weighted by atomic mass is 32.2. The van der Waals surface area contributed by atoms with Crippen LogP contribution in [0.2, 0.25) is 0 Å². The van der Waals surface area contributed by atoms with Gasteiger partial charge in [0.15, 0.2) is 0 Å². The van der Waals surface area contributed by atoms with Crippen LogP contribution in [-0.2, 0) is 27.2 Å². The van der Waals surface area contributed by atoms with E-state index in [1.807, 2.05) is 0 Å². The molecule has 0 aromatic heterocycles. The molecular formula is C16H16F6N2O3S. The minimum Gasteiger partial charge on any atom is -0.356 e. The van der Waals surface area contributed by atoms with Crippen molar-refractivity contribution < 1.29 is 39.6 Å². The molecule has 5 nitrogen and oxygen atoms in total. The summed E-state index contributed by atoms with van der Waals surface area (Å²) in [5, 5.41) is 2.66. The van der Waals surface area contributed by atoms with Gasteiger partial charge in [-0.15, -0.1) is 0 Å². The third-order valence-corrected chi connectivity index (χ3v) is 7.13. The standard InChI is InChI=1S/C16H16F6N2O3S/c17-15(18,19)10-7-11(16(20,21)22)9-12(8-10)28(26,27)24-5-2-14(3-6-24)1-4-23-13(14)25/h7-9H,1-6H2,(H,23,25). The number of nitrogens with one attached hydrogen (secondary N) is 1. The zero-order valence-electron chi connectivity index (χ0n) is 14.3. The maximum atomic E-state index is 13.0. The summed E-state index contributed by atoms with van der Waals surface area (Å²) in [7, 11) is -4.59. The van der Waals surface area contributed by atoms with Gasteiger partial charge in [0.05, 0.1) is 21.4 Å². The number of nitrogens with zero attached hydrogens (tertiary/aromatic N) is 1. The van der Waals surface area contributed by atoms with Crippen molar-refractivity contribution in [3.8, 4) is 0 Å².